The highest BCUT2D eigenvalue weighted by molar-refractivity contribution is 5.96. The third-order valence-electron chi connectivity index (χ3n) is 12.9. The summed E-state index contributed by atoms with van der Waals surface area (Å²) in [5.74, 6) is -1.72. The molecule has 5 aromatic carbocycles. The van der Waals surface area contributed by atoms with Crippen LogP contribution in [0.4, 0.5) is 0 Å². The Bertz CT molecular complexity index is 2500. The van der Waals surface area contributed by atoms with E-state index >= 15 is 0 Å². The average molecular weight is 867 g/mol. The van der Waals surface area contributed by atoms with Crippen LogP contribution in [0.2, 0.25) is 0 Å². The van der Waals surface area contributed by atoms with Gasteiger partial charge in [-0.3, -0.25) is 0 Å². The van der Waals surface area contributed by atoms with Crippen LogP contribution < -0.4 is 4.74 Å². The van der Waals surface area contributed by atoms with Gasteiger partial charge in [0.25, 0.3) is 0 Å². The number of epoxide rings is 2. The molecule has 4 unspecified atom stereocenters. The lowest BCUT2D eigenvalue weighted by Crippen LogP contribution is -2.32. The molecule has 0 N–H and O–H groups in total. The van der Waals surface area contributed by atoms with Crippen LogP contribution in [-0.2, 0) is 40.1 Å². The van der Waals surface area contributed by atoms with Crippen LogP contribution in [0.5, 0.6) is 5.75 Å². The van der Waals surface area contributed by atoms with E-state index in [1.165, 1.54) is 12.1 Å². The largest absolute Gasteiger partial charge is 0.459 e. The third-order valence-corrected chi connectivity index (χ3v) is 12.9. The number of carbonyl (C=O) groups is 4. The van der Waals surface area contributed by atoms with Crippen LogP contribution in [0, 0.1) is 0 Å². The Morgan fingerprint density at radius 1 is 0.516 bits per heavy atom. The number of hydrogen-bond donors (Lipinski definition) is 0. The Kier molecular flexibility index (Phi) is 13.3. The summed E-state index contributed by atoms with van der Waals surface area (Å²) >= 11 is 0. The molecule has 0 saturated carbocycles. The van der Waals surface area contributed by atoms with E-state index in [4.69, 9.17) is 28.4 Å². The van der Waals surface area contributed by atoms with Gasteiger partial charge >= 0.3 is 23.9 Å². The summed E-state index contributed by atoms with van der Waals surface area (Å²) in [7, 11) is 0. The molecule has 64 heavy (non-hydrogen) atoms. The van der Waals surface area contributed by atoms with E-state index in [-0.39, 0.29) is 46.5 Å². The smallest absolute Gasteiger partial charge is 0.343 e. The molecule has 7 rings (SSSR count). The number of benzene rings is 5. The van der Waals surface area contributed by atoms with Crippen molar-refractivity contribution in [1.82, 2.24) is 0 Å². The molecule has 0 radical (unpaired) electrons. The molecule has 4 atom stereocenters. The second-order valence-corrected chi connectivity index (χ2v) is 18.4. The van der Waals surface area contributed by atoms with Gasteiger partial charge in [-0.15, -0.1) is 0 Å². The first-order valence-corrected chi connectivity index (χ1v) is 22.0. The summed E-state index contributed by atoms with van der Waals surface area (Å²) in [4.78, 5) is 52.3. The predicted octanol–water partition coefficient (Wildman–Crippen LogP) is 10.7. The Morgan fingerprint density at radius 2 is 0.969 bits per heavy atom. The fraction of sp³-hybridized carbons (Fsp3) is 0.370. The number of ether oxygens (including phenoxy) is 6. The zero-order chi connectivity index (χ0) is 45.9. The first-order chi connectivity index (χ1) is 30.4. The van der Waals surface area contributed by atoms with Gasteiger partial charge in [-0.1, -0.05) is 114 Å². The lowest BCUT2D eigenvalue weighted by Gasteiger charge is -2.32. The van der Waals surface area contributed by atoms with Crippen LogP contribution in [0.1, 0.15) is 144 Å². The number of hydrogen-bond acceptors (Lipinski definition) is 10. The summed E-state index contributed by atoms with van der Waals surface area (Å²) in [5.41, 5.74) is 3.96. The molecule has 0 spiro atoms. The minimum absolute atomic E-state index is 0.0510. The van der Waals surface area contributed by atoms with Crippen molar-refractivity contribution < 1.29 is 47.6 Å². The minimum Gasteiger partial charge on any atom is -0.459 e. The molecule has 2 heterocycles. The van der Waals surface area contributed by atoms with E-state index in [1.807, 2.05) is 52.0 Å². The van der Waals surface area contributed by atoms with E-state index in [1.54, 1.807) is 48.5 Å². The van der Waals surface area contributed by atoms with E-state index in [9.17, 15) is 19.2 Å². The first-order valence-electron chi connectivity index (χ1n) is 22.0. The van der Waals surface area contributed by atoms with Crippen LogP contribution in [0.25, 0.3) is 0 Å². The quantitative estimate of drug-likeness (QED) is 0.0363. The van der Waals surface area contributed by atoms with E-state index in [0.29, 0.717) is 38.2 Å². The molecule has 5 aromatic rings. The maximum Gasteiger partial charge on any atom is 0.343 e. The normalized spacial score (nSPS) is 17.6. The van der Waals surface area contributed by atoms with Crippen molar-refractivity contribution in [2.24, 2.45) is 0 Å². The number of rotatable bonds is 18. The van der Waals surface area contributed by atoms with Crippen LogP contribution in [0.3, 0.4) is 0 Å². The summed E-state index contributed by atoms with van der Waals surface area (Å²) in [6.45, 7) is 17.9. The van der Waals surface area contributed by atoms with Crippen molar-refractivity contribution in [3.8, 4) is 5.75 Å². The van der Waals surface area contributed by atoms with E-state index in [2.05, 4.69) is 64.1 Å². The Hall–Kier alpha value is -6.10. The van der Waals surface area contributed by atoms with Gasteiger partial charge in [-0.25, -0.2) is 19.2 Å². The van der Waals surface area contributed by atoms with Crippen molar-refractivity contribution in [3.63, 3.8) is 0 Å². The van der Waals surface area contributed by atoms with Crippen LogP contribution >= 0.6 is 0 Å². The lowest BCUT2D eigenvalue weighted by molar-refractivity contribution is -0.0186. The van der Waals surface area contributed by atoms with Crippen molar-refractivity contribution in [2.45, 2.75) is 109 Å². The first kappa shape index (κ1) is 45.9. The van der Waals surface area contributed by atoms with E-state index < -0.39 is 40.5 Å². The minimum atomic E-state index is -0.916. The molecule has 0 aliphatic carbocycles. The van der Waals surface area contributed by atoms with Crippen LogP contribution in [-0.4, -0.2) is 61.5 Å². The maximum atomic E-state index is 13.4. The molecule has 2 saturated heterocycles. The Labute approximate surface area is 376 Å². The van der Waals surface area contributed by atoms with Crippen molar-refractivity contribution >= 4 is 23.9 Å². The fourth-order valence-electron chi connectivity index (χ4n) is 7.74. The Morgan fingerprint density at radius 3 is 1.47 bits per heavy atom. The molecule has 2 aliphatic heterocycles. The SMILES string of the molecule is CCC(C)(CC1CO1)OC(=O)c1cccc(C(=O)Oc2ccc(C(C)(C)c3cccc(C(C)(C)c4ccc(C(C)(CC)OC(=O)c5cccc(C(=O)OCC6CO6)c5)cc4)c3)cc2)c1. The molecule has 10 heteroatoms. The van der Waals surface area contributed by atoms with Crippen LogP contribution in [0.15, 0.2) is 121 Å². The number of esters is 4. The highest BCUT2D eigenvalue weighted by Crippen LogP contribution is 2.39. The summed E-state index contributed by atoms with van der Waals surface area (Å²) in [6.07, 6.45) is 1.87. The molecular formula is C54H58O10. The monoisotopic (exact) mass is 866 g/mol. The van der Waals surface area contributed by atoms with Gasteiger partial charge in [0, 0.05) is 17.3 Å². The molecule has 0 aromatic heterocycles. The molecule has 2 aliphatic rings. The molecule has 0 bridgehead atoms. The lowest BCUT2D eigenvalue weighted by atomic mass is 9.73. The average Bonchev–Trinajstić information content (AvgIpc) is 4.26. The highest BCUT2D eigenvalue weighted by Gasteiger charge is 2.37. The van der Waals surface area contributed by atoms with Crippen molar-refractivity contribution in [1.29, 1.82) is 0 Å². The third kappa shape index (κ3) is 10.6. The maximum absolute atomic E-state index is 13.4. The molecule has 2 fully saturated rings. The molecule has 0 amide bonds. The summed E-state index contributed by atoms with van der Waals surface area (Å²) in [6, 6.07) is 37.1. The molecular weight excluding hydrogens is 809 g/mol. The van der Waals surface area contributed by atoms with Crippen molar-refractivity contribution in [3.05, 3.63) is 171 Å². The van der Waals surface area contributed by atoms with Gasteiger partial charge in [0.15, 0.2) is 0 Å². The predicted molar refractivity (Wildman–Crippen MR) is 243 cm³/mol. The second kappa shape index (κ2) is 18.6. The summed E-state index contributed by atoms with van der Waals surface area (Å²) < 4.78 is 33.5. The molecule has 334 valence electrons. The van der Waals surface area contributed by atoms with Gasteiger partial charge in [-0.05, 0) is 103 Å². The highest BCUT2D eigenvalue weighted by atomic mass is 16.6. The van der Waals surface area contributed by atoms with E-state index in [0.717, 1.165) is 27.8 Å². The second-order valence-electron chi connectivity index (χ2n) is 18.4. The van der Waals surface area contributed by atoms with Gasteiger partial charge in [-0.2, -0.15) is 0 Å². The van der Waals surface area contributed by atoms with Gasteiger partial charge in [0.1, 0.15) is 29.7 Å². The zero-order valence-corrected chi connectivity index (χ0v) is 38.0. The van der Waals surface area contributed by atoms with Gasteiger partial charge in [0.05, 0.1) is 41.6 Å². The van der Waals surface area contributed by atoms with Gasteiger partial charge in [0.2, 0.25) is 0 Å². The van der Waals surface area contributed by atoms with Crippen molar-refractivity contribution in [2.75, 3.05) is 19.8 Å². The standard InChI is InChI=1S/C54H58O10/c1-9-53(7,31-45-32-59-45)63-49(57)37-16-12-15-36(29-37)48(56)62-44-26-24-40(25-27-44)52(5,6)43-19-13-18-42(30-43)51(3,4)39-20-22-41(23-21-39)54(8,10-2)64-50(58)38-17-11-14-35(28-38)47(55)61-34-46-33-60-46/h11-30,45-46H,9-10,31-34H2,1-8H3. The summed E-state index contributed by atoms with van der Waals surface area (Å²) in [5, 5.41) is 0. The Balaban J connectivity index is 0.996. The van der Waals surface area contributed by atoms with Gasteiger partial charge < -0.3 is 28.4 Å². The zero-order valence-electron chi connectivity index (χ0n) is 38.0. The topological polar surface area (TPSA) is 130 Å². The fourth-order valence-corrected chi connectivity index (χ4v) is 7.74. The molecule has 10 nitrogen and oxygen atoms in total. The number of carbonyl (C=O) groups excluding carboxylic acids is 4.